The van der Waals surface area contributed by atoms with E-state index in [1.165, 1.54) is 128 Å². The zero-order valence-corrected chi connectivity index (χ0v) is 22.0. The van der Waals surface area contributed by atoms with Gasteiger partial charge in [-0.3, -0.25) is 4.79 Å². The molecular formula is C29H55NO3. The minimum absolute atomic E-state index is 0.0405. The van der Waals surface area contributed by atoms with E-state index in [1.54, 1.807) is 0 Å². The molecule has 1 aliphatic heterocycles. The number of nitrogens with one attached hydrogen (secondary N) is 1. The zero-order chi connectivity index (χ0) is 23.8. The maximum atomic E-state index is 11.8. The average molecular weight is 466 g/mol. The van der Waals surface area contributed by atoms with E-state index < -0.39 is 6.04 Å². The van der Waals surface area contributed by atoms with Crippen LogP contribution in [0, 0.1) is 0 Å². The summed E-state index contributed by atoms with van der Waals surface area (Å²) in [7, 11) is 0. The minimum atomic E-state index is -0.405. The maximum Gasteiger partial charge on any atom is 0.328 e. The molecular weight excluding hydrogens is 410 g/mol. The molecule has 0 bridgehead atoms. The van der Waals surface area contributed by atoms with E-state index in [0.29, 0.717) is 19.4 Å². The van der Waals surface area contributed by atoms with Gasteiger partial charge < -0.3 is 10.1 Å². The van der Waals surface area contributed by atoms with Gasteiger partial charge in [-0.15, -0.1) is 0 Å². The molecule has 0 aliphatic carbocycles. The molecule has 0 aromatic carbocycles. The van der Waals surface area contributed by atoms with Crippen LogP contribution in [0.5, 0.6) is 0 Å². The Hall–Kier alpha value is -1.06. The largest absolute Gasteiger partial charge is 0.464 e. The number of hydrogen-bond donors (Lipinski definition) is 1. The van der Waals surface area contributed by atoms with Crippen LogP contribution in [0.1, 0.15) is 161 Å². The van der Waals surface area contributed by atoms with Gasteiger partial charge in [-0.05, 0) is 12.8 Å². The Morgan fingerprint density at radius 1 is 0.667 bits per heavy atom. The molecule has 0 aromatic heterocycles. The number of unbranched alkanes of at least 4 members (excludes halogenated alkanes) is 21. The van der Waals surface area contributed by atoms with Crippen molar-refractivity contribution in [1.29, 1.82) is 0 Å². The minimum Gasteiger partial charge on any atom is -0.464 e. The second kappa shape index (κ2) is 22.7. The lowest BCUT2D eigenvalue weighted by Gasteiger charge is -2.09. The molecule has 0 radical (unpaired) electrons. The van der Waals surface area contributed by atoms with Crippen molar-refractivity contribution in [2.75, 3.05) is 6.61 Å². The Balaban J connectivity index is 1.67. The molecule has 1 rings (SSSR count). The Morgan fingerprint density at radius 2 is 1.03 bits per heavy atom. The van der Waals surface area contributed by atoms with Crippen molar-refractivity contribution in [2.24, 2.45) is 0 Å². The van der Waals surface area contributed by atoms with Crippen molar-refractivity contribution in [3.05, 3.63) is 0 Å². The third-order valence-electron chi connectivity index (χ3n) is 7.02. The molecule has 0 saturated carbocycles. The first-order chi connectivity index (χ1) is 16.2. The monoisotopic (exact) mass is 465 g/mol. The molecule has 1 unspecified atom stereocenters. The second-order valence-electron chi connectivity index (χ2n) is 10.3. The fourth-order valence-electron chi connectivity index (χ4n) is 4.78. The van der Waals surface area contributed by atoms with Crippen LogP contribution in [0.3, 0.4) is 0 Å². The van der Waals surface area contributed by atoms with Crippen LogP contribution in [-0.2, 0) is 14.3 Å². The summed E-state index contributed by atoms with van der Waals surface area (Å²) in [6, 6.07) is -0.405. The van der Waals surface area contributed by atoms with E-state index in [1.807, 2.05) is 0 Å². The molecule has 1 saturated heterocycles. The lowest BCUT2D eigenvalue weighted by Crippen LogP contribution is -2.34. The summed E-state index contributed by atoms with van der Waals surface area (Å²) in [5.41, 5.74) is 0. The Labute approximate surface area is 205 Å². The van der Waals surface area contributed by atoms with Crippen molar-refractivity contribution in [3.63, 3.8) is 0 Å². The van der Waals surface area contributed by atoms with Crippen LogP contribution in [0.15, 0.2) is 0 Å². The summed E-state index contributed by atoms with van der Waals surface area (Å²) >= 11 is 0. The summed E-state index contributed by atoms with van der Waals surface area (Å²) in [6.07, 6.45) is 31.3. The van der Waals surface area contributed by atoms with Crippen molar-refractivity contribution in [2.45, 2.75) is 167 Å². The zero-order valence-electron chi connectivity index (χ0n) is 22.0. The quantitative estimate of drug-likeness (QED) is 0.115. The number of esters is 1. The van der Waals surface area contributed by atoms with Gasteiger partial charge in [-0.25, -0.2) is 4.79 Å². The smallest absolute Gasteiger partial charge is 0.328 e. The first kappa shape index (κ1) is 30.0. The third kappa shape index (κ3) is 19.0. The number of carbonyl (C=O) groups excluding carboxylic acids is 2. The summed E-state index contributed by atoms with van der Waals surface area (Å²) in [4.78, 5) is 22.9. The lowest BCUT2D eigenvalue weighted by molar-refractivity contribution is -0.146. The standard InChI is InChI=1S/C29H55NO3/c1-2-3-4-5-6-7-8-9-10-11-12-13-14-15-16-17-18-19-20-21-22-23-26-33-29(32)27-24-25-28(31)30-27/h27H,2-26H2,1H3,(H,30,31). The number of amides is 1. The summed E-state index contributed by atoms with van der Waals surface area (Å²) < 4.78 is 5.26. The predicted octanol–water partition coefficient (Wildman–Crippen LogP) is 8.41. The molecule has 1 aliphatic rings. The molecule has 4 nitrogen and oxygen atoms in total. The van der Waals surface area contributed by atoms with Gasteiger partial charge in [-0.1, -0.05) is 142 Å². The second-order valence-corrected chi connectivity index (χ2v) is 10.3. The number of ether oxygens (including phenoxy) is 1. The molecule has 1 atom stereocenters. The first-order valence-corrected chi connectivity index (χ1v) is 14.7. The van der Waals surface area contributed by atoms with Gasteiger partial charge in [-0.2, -0.15) is 0 Å². The van der Waals surface area contributed by atoms with E-state index in [2.05, 4.69) is 12.2 Å². The fraction of sp³-hybridized carbons (Fsp3) is 0.931. The van der Waals surface area contributed by atoms with E-state index in [9.17, 15) is 9.59 Å². The molecule has 33 heavy (non-hydrogen) atoms. The molecule has 4 heteroatoms. The van der Waals surface area contributed by atoms with Crippen molar-refractivity contribution >= 4 is 11.9 Å². The van der Waals surface area contributed by atoms with Crippen LogP contribution < -0.4 is 5.32 Å². The average Bonchev–Trinajstić information content (AvgIpc) is 3.26. The molecule has 0 spiro atoms. The molecule has 1 heterocycles. The summed E-state index contributed by atoms with van der Waals surface area (Å²) in [6.45, 7) is 2.78. The Kier molecular flexibility index (Phi) is 20.6. The van der Waals surface area contributed by atoms with Gasteiger partial charge in [0.25, 0.3) is 0 Å². The van der Waals surface area contributed by atoms with Crippen LogP contribution in [0.4, 0.5) is 0 Å². The lowest BCUT2D eigenvalue weighted by atomic mass is 10.0. The van der Waals surface area contributed by atoms with Crippen molar-refractivity contribution in [3.8, 4) is 0 Å². The van der Waals surface area contributed by atoms with E-state index in [0.717, 1.165) is 12.8 Å². The van der Waals surface area contributed by atoms with Gasteiger partial charge in [0.1, 0.15) is 6.04 Å². The summed E-state index contributed by atoms with van der Waals surface area (Å²) in [5, 5.41) is 2.66. The van der Waals surface area contributed by atoms with Crippen LogP contribution in [-0.4, -0.2) is 24.5 Å². The maximum absolute atomic E-state index is 11.8. The van der Waals surface area contributed by atoms with Crippen molar-refractivity contribution in [1.82, 2.24) is 5.32 Å². The van der Waals surface area contributed by atoms with Gasteiger partial charge in [0, 0.05) is 6.42 Å². The van der Waals surface area contributed by atoms with Crippen LogP contribution in [0.25, 0.3) is 0 Å². The van der Waals surface area contributed by atoms with Gasteiger partial charge >= 0.3 is 5.97 Å². The van der Waals surface area contributed by atoms with Crippen LogP contribution in [0.2, 0.25) is 0 Å². The molecule has 1 fully saturated rings. The normalized spacial score (nSPS) is 15.7. The van der Waals surface area contributed by atoms with Gasteiger partial charge in [0.2, 0.25) is 5.91 Å². The third-order valence-corrected chi connectivity index (χ3v) is 7.02. The SMILES string of the molecule is CCCCCCCCCCCCCCCCCCCCCCCCOC(=O)C1CCC(=O)N1. The van der Waals surface area contributed by atoms with E-state index in [4.69, 9.17) is 4.74 Å². The Bertz CT molecular complexity index is 466. The molecule has 1 amide bonds. The predicted molar refractivity (Wildman–Crippen MR) is 139 cm³/mol. The number of carbonyl (C=O) groups is 2. The fourth-order valence-corrected chi connectivity index (χ4v) is 4.78. The highest BCUT2D eigenvalue weighted by atomic mass is 16.5. The molecule has 1 N–H and O–H groups in total. The van der Waals surface area contributed by atoms with Gasteiger partial charge in [0.05, 0.1) is 6.61 Å². The summed E-state index contributed by atoms with van der Waals surface area (Å²) in [5.74, 6) is -0.300. The molecule has 194 valence electrons. The number of hydrogen-bond acceptors (Lipinski definition) is 3. The highest BCUT2D eigenvalue weighted by Gasteiger charge is 2.28. The first-order valence-electron chi connectivity index (χ1n) is 14.7. The van der Waals surface area contributed by atoms with Crippen molar-refractivity contribution < 1.29 is 14.3 Å². The highest BCUT2D eigenvalue weighted by molar-refractivity contribution is 5.87. The Morgan fingerprint density at radius 3 is 1.36 bits per heavy atom. The van der Waals surface area contributed by atoms with E-state index in [-0.39, 0.29) is 11.9 Å². The topological polar surface area (TPSA) is 55.4 Å². The number of rotatable bonds is 24. The van der Waals surface area contributed by atoms with Crippen LogP contribution >= 0.6 is 0 Å². The van der Waals surface area contributed by atoms with Gasteiger partial charge in [0.15, 0.2) is 0 Å². The molecule has 0 aromatic rings. The van der Waals surface area contributed by atoms with E-state index >= 15 is 0 Å². The highest BCUT2D eigenvalue weighted by Crippen LogP contribution is 2.15.